The lowest BCUT2D eigenvalue weighted by Crippen LogP contribution is -2.46. The van der Waals surface area contributed by atoms with Crippen molar-refractivity contribution in [3.63, 3.8) is 0 Å². The number of ether oxygens (including phenoxy) is 3. The van der Waals surface area contributed by atoms with Gasteiger partial charge in [-0.25, -0.2) is 0 Å². The standard InChI is InChI=1S/C18H21N3O5/c22-16(23)17(6-8-18(9-7-17)25-10-11-26-18)13-24-15-12-19-20-21(15)14-4-2-1-3-5-14/h1-5,12H,6-11,13H2,(H,22,23). The Morgan fingerprint density at radius 1 is 1.15 bits per heavy atom. The lowest BCUT2D eigenvalue weighted by atomic mass is 9.72. The van der Waals surface area contributed by atoms with Crippen molar-refractivity contribution in [3.8, 4) is 11.6 Å². The molecule has 1 aliphatic heterocycles. The molecule has 2 aliphatic rings. The van der Waals surface area contributed by atoms with E-state index in [2.05, 4.69) is 10.3 Å². The first-order valence-corrected chi connectivity index (χ1v) is 8.73. The molecule has 1 N–H and O–H groups in total. The molecule has 1 aromatic carbocycles. The van der Waals surface area contributed by atoms with Crippen molar-refractivity contribution in [2.75, 3.05) is 19.8 Å². The molecule has 4 rings (SSSR count). The van der Waals surface area contributed by atoms with E-state index >= 15 is 0 Å². The predicted molar refractivity (Wildman–Crippen MR) is 90.0 cm³/mol. The van der Waals surface area contributed by atoms with Gasteiger partial charge in [-0.15, -0.1) is 5.10 Å². The molecule has 0 atom stereocenters. The fourth-order valence-electron chi connectivity index (χ4n) is 3.60. The number of aromatic nitrogens is 3. The molecular weight excluding hydrogens is 338 g/mol. The Bertz CT molecular complexity index is 760. The van der Waals surface area contributed by atoms with Crippen LogP contribution in [0.25, 0.3) is 5.69 Å². The van der Waals surface area contributed by atoms with Crippen LogP contribution >= 0.6 is 0 Å². The highest BCUT2D eigenvalue weighted by atomic mass is 16.7. The maximum atomic E-state index is 12.0. The average Bonchev–Trinajstić information content (AvgIpc) is 3.32. The number of aliphatic carboxylic acids is 1. The highest BCUT2D eigenvalue weighted by Gasteiger charge is 2.50. The van der Waals surface area contributed by atoms with E-state index in [-0.39, 0.29) is 6.61 Å². The fourth-order valence-corrected chi connectivity index (χ4v) is 3.60. The number of rotatable bonds is 5. The van der Waals surface area contributed by atoms with Crippen LogP contribution in [0.1, 0.15) is 25.7 Å². The predicted octanol–water partition coefficient (Wildman–Crippen LogP) is 2.03. The lowest BCUT2D eigenvalue weighted by Gasteiger charge is -2.40. The van der Waals surface area contributed by atoms with Gasteiger partial charge in [-0.2, -0.15) is 4.68 Å². The molecule has 138 valence electrons. The highest BCUT2D eigenvalue weighted by Crippen LogP contribution is 2.45. The van der Waals surface area contributed by atoms with E-state index in [1.807, 2.05) is 30.3 Å². The maximum Gasteiger partial charge on any atom is 0.313 e. The molecule has 1 spiro atoms. The van der Waals surface area contributed by atoms with Crippen LogP contribution < -0.4 is 4.74 Å². The summed E-state index contributed by atoms with van der Waals surface area (Å²) in [5.74, 6) is -1.04. The van der Waals surface area contributed by atoms with Gasteiger partial charge >= 0.3 is 5.97 Å². The third-order valence-corrected chi connectivity index (χ3v) is 5.25. The van der Waals surface area contributed by atoms with Gasteiger partial charge in [0.25, 0.3) is 0 Å². The summed E-state index contributed by atoms with van der Waals surface area (Å²) in [7, 11) is 0. The number of carboxylic acid groups (broad SMARTS) is 1. The number of nitrogens with zero attached hydrogens (tertiary/aromatic N) is 3. The molecule has 8 heteroatoms. The Labute approximate surface area is 150 Å². The number of carbonyl (C=O) groups is 1. The maximum absolute atomic E-state index is 12.0. The Kier molecular flexibility index (Phi) is 4.37. The van der Waals surface area contributed by atoms with Crippen LogP contribution in [0.15, 0.2) is 36.5 Å². The third kappa shape index (κ3) is 3.06. The summed E-state index contributed by atoms with van der Waals surface area (Å²) in [6.45, 7) is 1.19. The van der Waals surface area contributed by atoms with E-state index in [1.54, 1.807) is 4.68 Å². The van der Waals surface area contributed by atoms with E-state index in [9.17, 15) is 9.90 Å². The molecule has 0 amide bonds. The van der Waals surface area contributed by atoms with Gasteiger partial charge in [0.05, 0.1) is 18.9 Å². The van der Waals surface area contributed by atoms with Crippen molar-refractivity contribution in [2.45, 2.75) is 31.5 Å². The molecule has 2 aromatic rings. The lowest BCUT2D eigenvalue weighted by molar-refractivity contribution is -0.200. The van der Waals surface area contributed by atoms with Crippen molar-refractivity contribution >= 4 is 5.97 Å². The molecule has 2 fully saturated rings. The Hall–Kier alpha value is -2.45. The van der Waals surface area contributed by atoms with Crippen molar-refractivity contribution in [2.24, 2.45) is 5.41 Å². The van der Waals surface area contributed by atoms with E-state index in [1.165, 1.54) is 6.20 Å². The molecule has 1 aromatic heterocycles. The van der Waals surface area contributed by atoms with Crippen molar-refractivity contribution in [1.82, 2.24) is 15.0 Å². The van der Waals surface area contributed by atoms with E-state index in [0.717, 1.165) is 5.69 Å². The molecular formula is C18H21N3O5. The molecule has 1 saturated heterocycles. The van der Waals surface area contributed by atoms with E-state index < -0.39 is 17.2 Å². The molecule has 0 unspecified atom stereocenters. The van der Waals surface area contributed by atoms with Crippen LogP contribution in [0.5, 0.6) is 5.88 Å². The Morgan fingerprint density at radius 2 is 1.85 bits per heavy atom. The van der Waals surface area contributed by atoms with Crippen LogP contribution in [0.3, 0.4) is 0 Å². The first-order valence-electron chi connectivity index (χ1n) is 8.73. The quantitative estimate of drug-likeness (QED) is 0.872. The minimum absolute atomic E-state index is 0.0542. The SMILES string of the molecule is O=C(O)C1(COc2cnnn2-c2ccccc2)CCC2(CC1)OCCO2. The second kappa shape index (κ2) is 6.69. The molecule has 1 saturated carbocycles. The van der Waals surface area contributed by atoms with Gasteiger partial charge in [0.1, 0.15) is 18.2 Å². The van der Waals surface area contributed by atoms with Crippen LogP contribution in [0, 0.1) is 5.41 Å². The monoisotopic (exact) mass is 359 g/mol. The molecule has 2 heterocycles. The topological polar surface area (TPSA) is 95.7 Å². The van der Waals surface area contributed by atoms with Crippen molar-refractivity contribution < 1.29 is 24.1 Å². The van der Waals surface area contributed by atoms with Crippen LogP contribution in [0.2, 0.25) is 0 Å². The number of benzene rings is 1. The smallest absolute Gasteiger partial charge is 0.313 e. The zero-order chi connectivity index (χ0) is 18.0. The molecule has 8 nitrogen and oxygen atoms in total. The molecule has 1 aliphatic carbocycles. The van der Waals surface area contributed by atoms with Crippen molar-refractivity contribution in [3.05, 3.63) is 36.5 Å². The van der Waals surface area contributed by atoms with Gasteiger partial charge < -0.3 is 19.3 Å². The summed E-state index contributed by atoms with van der Waals surface area (Å²) in [6, 6.07) is 9.45. The van der Waals surface area contributed by atoms with Crippen LogP contribution in [-0.2, 0) is 14.3 Å². The summed E-state index contributed by atoms with van der Waals surface area (Å²) in [5.41, 5.74) is -0.161. The largest absolute Gasteiger partial charge is 0.481 e. The summed E-state index contributed by atoms with van der Waals surface area (Å²) >= 11 is 0. The van der Waals surface area contributed by atoms with Gasteiger partial charge in [0.15, 0.2) is 5.79 Å². The Morgan fingerprint density at radius 3 is 2.50 bits per heavy atom. The second-order valence-electron chi connectivity index (χ2n) is 6.80. The molecule has 0 radical (unpaired) electrons. The zero-order valence-electron chi connectivity index (χ0n) is 14.3. The van der Waals surface area contributed by atoms with Crippen LogP contribution in [0.4, 0.5) is 0 Å². The van der Waals surface area contributed by atoms with E-state index in [0.29, 0.717) is 44.8 Å². The summed E-state index contributed by atoms with van der Waals surface area (Å²) < 4.78 is 18.8. The number of hydrogen-bond donors (Lipinski definition) is 1. The van der Waals surface area contributed by atoms with Gasteiger partial charge in [0, 0.05) is 12.8 Å². The minimum atomic E-state index is -0.966. The third-order valence-electron chi connectivity index (χ3n) is 5.25. The summed E-state index contributed by atoms with van der Waals surface area (Å²) in [4.78, 5) is 12.0. The number of para-hydroxylation sites is 1. The van der Waals surface area contributed by atoms with Gasteiger partial charge in [0.2, 0.25) is 5.88 Å². The second-order valence-corrected chi connectivity index (χ2v) is 6.80. The van der Waals surface area contributed by atoms with Crippen LogP contribution in [-0.4, -0.2) is 51.7 Å². The summed E-state index contributed by atoms with van der Waals surface area (Å²) in [6.07, 6.45) is 3.48. The number of hydrogen-bond acceptors (Lipinski definition) is 6. The van der Waals surface area contributed by atoms with Gasteiger partial charge in [-0.1, -0.05) is 23.4 Å². The fraction of sp³-hybridized carbons (Fsp3) is 0.500. The zero-order valence-corrected chi connectivity index (χ0v) is 14.3. The molecule has 0 bridgehead atoms. The first kappa shape index (κ1) is 17.0. The minimum Gasteiger partial charge on any atom is -0.481 e. The normalized spacial score (nSPS) is 20.9. The van der Waals surface area contributed by atoms with E-state index in [4.69, 9.17) is 14.2 Å². The van der Waals surface area contributed by atoms with Gasteiger partial charge in [-0.05, 0) is 25.0 Å². The highest BCUT2D eigenvalue weighted by molar-refractivity contribution is 5.75. The Balaban J connectivity index is 1.48. The summed E-state index contributed by atoms with van der Waals surface area (Å²) in [5, 5.41) is 17.8. The average molecular weight is 359 g/mol. The van der Waals surface area contributed by atoms with Gasteiger partial charge in [-0.3, -0.25) is 4.79 Å². The van der Waals surface area contributed by atoms with Crippen molar-refractivity contribution in [1.29, 1.82) is 0 Å². The number of carboxylic acids is 1. The molecule has 26 heavy (non-hydrogen) atoms. The first-order chi connectivity index (χ1) is 12.6.